The lowest BCUT2D eigenvalue weighted by Gasteiger charge is -2.19. The Balaban J connectivity index is 2.00. The second-order valence-corrected chi connectivity index (χ2v) is 7.64. The van der Waals surface area contributed by atoms with Crippen LogP contribution in [0.5, 0.6) is 0 Å². The fraction of sp³-hybridized carbons (Fsp3) is 0.353. The fourth-order valence-electron chi connectivity index (χ4n) is 2.25. The Bertz CT molecular complexity index is 807. The molecule has 0 radical (unpaired) electrons. The molecular weight excluding hydrogens is 383 g/mol. The highest BCUT2D eigenvalue weighted by molar-refractivity contribution is 7.13. The van der Waals surface area contributed by atoms with Crippen LogP contribution in [0.15, 0.2) is 18.2 Å². The topological polar surface area (TPSA) is 68.3 Å². The molecule has 2 rings (SSSR count). The molecule has 0 unspecified atom stereocenters. The summed E-state index contributed by atoms with van der Waals surface area (Å²) >= 11 is 13.3. The number of aryl methyl sites for hydroxylation is 2. The van der Waals surface area contributed by atoms with Gasteiger partial charge in [-0.2, -0.15) is 0 Å². The van der Waals surface area contributed by atoms with Crippen molar-refractivity contribution in [3.63, 3.8) is 0 Å². The van der Waals surface area contributed by atoms with Gasteiger partial charge in [0, 0.05) is 10.0 Å². The Morgan fingerprint density at radius 2 is 1.92 bits per heavy atom. The van der Waals surface area contributed by atoms with Gasteiger partial charge in [0.05, 0.1) is 16.7 Å². The highest BCUT2D eigenvalue weighted by atomic mass is 35.5. The molecule has 0 spiro atoms. The van der Waals surface area contributed by atoms with E-state index in [2.05, 4.69) is 10.3 Å². The van der Waals surface area contributed by atoms with Crippen molar-refractivity contribution in [2.75, 3.05) is 0 Å². The van der Waals surface area contributed by atoms with E-state index in [0.717, 1.165) is 10.6 Å². The summed E-state index contributed by atoms with van der Waals surface area (Å²) in [5.41, 5.74) is 1.33. The summed E-state index contributed by atoms with van der Waals surface area (Å²) in [6, 6.07) is 4.70. The van der Waals surface area contributed by atoms with E-state index in [1.54, 1.807) is 32.0 Å². The van der Waals surface area contributed by atoms with E-state index < -0.39 is 18.0 Å². The molecule has 0 bridgehead atoms. The number of aromatic nitrogens is 1. The smallest absolute Gasteiger partial charge is 0.351 e. The summed E-state index contributed by atoms with van der Waals surface area (Å²) < 4.78 is 5.24. The predicted molar refractivity (Wildman–Crippen MR) is 99.5 cm³/mol. The quantitative estimate of drug-likeness (QED) is 0.750. The molecule has 0 saturated heterocycles. The van der Waals surface area contributed by atoms with Gasteiger partial charge < -0.3 is 10.1 Å². The normalized spacial score (nSPS) is 13.2. The summed E-state index contributed by atoms with van der Waals surface area (Å²) in [6.45, 7) is 6.85. The number of halogens is 2. The second kappa shape index (κ2) is 8.17. The molecule has 1 N–H and O–H groups in total. The minimum Gasteiger partial charge on any atom is -0.448 e. The van der Waals surface area contributed by atoms with Crippen LogP contribution in [0.25, 0.3) is 0 Å². The first-order valence-electron chi connectivity index (χ1n) is 7.59. The molecule has 0 aliphatic carbocycles. The summed E-state index contributed by atoms with van der Waals surface area (Å²) in [6.07, 6.45) is -0.942. The third kappa shape index (κ3) is 4.93. The minimum atomic E-state index is -0.942. The maximum Gasteiger partial charge on any atom is 0.351 e. The highest BCUT2D eigenvalue weighted by Gasteiger charge is 2.24. The summed E-state index contributed by atoms with van der Waals surface area (Å²) in [4.78, 5) is 29.1. The van der Waals surface area contributed by atoms with Gasteiger partial charge in [0.25, 0.3) is 5.91 Å². The Morgan fingerprint density at radius 3 is 2.48 bits per heavy atom. The summed E-state index contributed by atoms with van der Waals surface area (Å²) in [7, 11) is 0. The van der Waals surface area contributed by atoms with Gasteiger partial charge in [0.15, 0.2) is 6.10 Å². The zero-order valence-electron chi connectivity index (χ0n) is 14.2. The molecule has 2 atom stereocenters. The van der Waals surface area contributed by atoms with Crippen molar-refractivity contribution in [3.8, 4) is 0 Å². The van der Waals surface area contributed by atoms with Crippen LogP contribution >= 0.6 is 34.5 Å². The number of benzene rings is 1. The van der Waals surface area contributed by atoms with Gasteiger partial charge in [-0.1, -0.05) is 29.3 Å². The van der Waals surface area contributed by atoms with Crippen molar-refractivity contribution in [1.82, 2.24) is 10.3 Å². The molecule has 0 aliphatic rings. The van der Waals surface area contributed by atoms with Crippen LogP contribution < -0.4 is 5.32 Å². The Kier molecular flexibility index (Phi) is 6.43. The first-order chi connectivity index (χ1) is 11.7. The molecule has 0 fully saturated rings. The largest absolute Gasteiger partial charge is 0.448 e. The van der Waals surface area contributed by atoms with E-state index in [-0.39, 0.29) is 6.04 Å². The number of esters is 1. The zero-order chi connectivity index (χ0) is 18.7. The van der Waals surface area contributed by atoms with E-state index in [1.165, 1.54) is 18.3 Å². The van der Waals surface area contributed by atoms with Crippen molar-refractivity contribution in [1.29, 1.82) is 0 Å². The number of hydrogen-bond donors (Lipinski definition) is 1. The monoisotopic (exact) mass is 400 g/mol. The summed E-state index contributed by atoms with van der Waals surface area (Å²) in [5, 5.41) is 4.53. The standard InChI is InChI=1S/C17H18Cl2N2O3S/c1-8(13-6-5-12(18)7-14(13)19)21-16(22)10(3)24-17(23)15-9(2)20-11(4)25-15/h5-8,10H,1-4H3,(H,21,22)/t8-,10+/m0/s1. The molecule has 1 heterocycles. The highest BCUT2D eigenvalue weighted by Crippen LogP contribution is 2.26. The Labute approximate surface area is 160 Å². The molecule has 1 aromatic carbocycles. The van der Waals surface area contributed by atoms with Gasteiger partial charge in [-0.15, -0.1) is 11.3 Å². The number of nitrogens with zero attached hydrogens (tertiary/aromatic N) is 1. The SMILES string of the molecule is Cc1nc(C)c(C(=O)O[C@H](C)C(=O)N[C@@H](C)c2ccc(Cl)cc2Cl)s1. The fourth-order valence-corrected chi connectivity index (χ4v) is 3.62. The van der Waals surface area contributed by atoms with E-state index in [9.17, 15) is 9.59 Å². The third-order valence-corrected chi connectivity index (χ3v) is 5.15. The van der Waals surface area contributed by atoms with E-state index in [1.807, 2.05) is 6.92 Å². The number of carbonyl (C=O) groups excluding carboxylic acids is 2. The molecule has 134 valence electrons. The molecular formula is C17H18Cl2N2O3S. The first kappa shape index (κ1) is 19.7. The van der Waals surface area contributed by atoms with Crippen LogP contribution in [0.2, 0.25) is 10.0 Å². The van der Waals surface area contributed by atoms with Crippen LogP contribution in [0.3, 0.4) is 0 Å². The van der Waals surface area contributed by atoms with Crippen LogP contribution in [0.1, 0.15) is 45.8 Å². The van der Waals surface area contributed by atoms with Gasteiger partial charge in [0.1, 0.15) is 4.88 Å². The average Bonchev–Trinajstić information content (AvgIpc) is 2.85. The molecule has 0 saturated carbocycles. The second-order valence-electron chi connectivity index (χ2n) is 5.59. The van der Waals surface area contributed by atoms with Crippen LogP contribution in [-0.2, 0) is 9.53 Å². The number of ether oxygens (including phenoxy) is 1. The number of nitrogens with one attached hydrogen (secondary N) is 1. The average molecular weight is 401 g/mol. The molecule has 5 nitrogen and oxygen atoms in total. The van der Waals surface area contributed by atoms with Gasteiger partial charge in [0.2, 0.25) is 0 Å². The van der Waals surface area contributed by atoms with Gasteiger partial charge in [-0.3, -0.25) is 4.79 Å². The molecule has 2 aromatic rings. The predicted octanol–water partition coefficient (Wildman–Crippen LogP) is 4.49. The van der Waals surface area contributed by atoms with Gasteiger partial charge >= 0.3 is 5.97 Å². The molecule has 1 amide bonds. The lowest BCUT2D eigenvalue weighted by Crippen LogP contribution is -2.37. The van der Waals surface area contributed by atoms with Crippen molar-refractivity contribution < 1.29 is 14.3 Å². The number of hydrogen-bond acceptors (Lipinski definition) is 5. The lowest BCUT2D eigenvalue weighted by atomic mass is 10.1. The maximum absolute atomic E-state index is 12.3. The van der Waals surface area contributed by atoms with Crippen molar-refractivity contribution in [2.24, 2.45) is 0 Å². The minimum absolute atomic E-state index is 0.356. The van der Waals surface area contributed by atoms with Crippen LogP contribution in [0.4, 0.5) is 0 Å². The third-order valence-electron chi connectivity index (χ3n) is 3.53. The van der Waals surface area contributed by atoms with Crippen LogP contribution in [0, 0.1) is 13.8 Å². The Morgan fingerprint density at radius 1 is 1.24 bits per heavy atom. The number of amides is 1. The van der Waals surface area contributed by atoms with Crippen LogP contribution in [-0.4, -0.2) is 23.0 Å². The van der Waals surface area contributed by atoms with E-state index >= 15 is 0 Å². The number of thiazole rings is 1. The molecule has 8 heteroatoms. The van der Waals surface area contributed by atoms with Crippen molar-refractivity contribution in [2.45, 2.75) is 39.8 Å². The summed E-state index contributed by atoms with van der Waals surface area (Å²) in [5.74, 6) is -0.964. The number of rotatable bonds is 5. The lowest BCUT2D eigenvalue weighted by molar-refractivity contribution is -0.129. The first-order valence-corrected chi connectivity index (χ1v) is 9.16. The molecule has 0 aliphatic heterocycles. The Hall–Kier alpha value is -1.63. The van der Waals surface area contributed by atoms with Crippen molar-refractivity contribution >= 4 is 46.4 Å². The zero-order valence-corrected chi connectivity index (χ0v) is 16.6. The maximum atomic E-state index is 12.3. The van der Waals surface area contributed by atoms with E-state index in [4.69, 9.17) is 27.9 Å². The van der Waals surface area contributed by atoms with Gasteiger partial charge in [-0.25, -0.2) is 9.78 Å². The molecule has 1 aromatic heterocycles. The molecule has 25 heavy (non-hydrogen) atoms. The number of carbonyl (C=O) groups is 2. The van der Waals surface area contributed by atoms with E-state index in [0.29, 0.717) is 20.6 Å². The van der Waals surface area contributed by atoms with Gasteiger partial charge in [-0.05, 0) is 45.4 Å². The van der Waals surface area contributed by atoms with Crippen molar-refractivity contribution in [3.05, 3.63) is 49.4 Å².